The van der Waals surface area contributed by atoms with Crippen LogP contribution in [0.15, 0.2) is 59.0 Å². The summed E-state index contributed by atoms with van der Waals surface area (Å²) in [7, 11) is 0. The first kappa shape index (κ1) is 24.0. The van der Waals surface area contributed by atoms with Crippen molar-refractivity contribution in [2.45, 2.75) is 61.9 Å². The zero-order valence-electron chi connectivity index (χ0n) is 22.0. The van der Waals surface area contributed by atoms with Gasteiger partial charge in [0, 0.05) is 51.1 Å². The summed E-state index contributed by atoms with van der Waals surface area (Å²) in [6.45, 7) is 2.35. The summed E-state index contributed by atoms with van der Waals surface area (Å²) < 4.78 is 20.8. The van der Waals surface area contributed by atoms with Gasteiger partial charge in [-0.05, 0) is 68.0 Å². The van der Waals surface area contributed by atoms with Crippen LogP contribution in [0.2, 0.25) is 10.0 Å². The average molecular weight is 575 g/mol. The first-order chi connectivity index (χ1) is 19.5. The number of phenolic OH excluding ortho intramolecular Hbond substituents is 1. The maximum atomic E-state index is 11.1. The minimum atomic E-state index is -0.626. The van der Waals surface area contributed by atoms with Gasteiger partial charge in [-0.25, -0.2) is 0 Å². The van der Waals surface area contributed by atoms with E-state index in [0.717, 1.165) is 65.3 Å². The Morgan fingerprint density at radius 1 is 1.02 bits per heavy atom. The minimum Gasteiger partial charge on any atom is -0.504 e. The summed E-state index contributed by atoms with van der Waals surface area (Å²) in [5, 5.41) is 13.4. The number of fused-ring (bicyclic) bond motifs is 4. The van der Waals surface area contributed by atoms with Crippen molar-refractivity contribution in [2.24, 2.45) is 5.92 Å². The molecule has 7 heteroatoms. The molecule has 2 bridgehead atoms. The molecular weight excluding hydrogens is 545 g/mol. The van der Waals surface area contributed by atoms with Gasteiger partial charge < -0.3 is 19.0 Å². The highest BCUT2D eigenvalue weighted by atomic mass is 35.5. The molecule has 2 aliphatic heterocycles. The fraction of sp³-hybridized carbons (Fsp3) is 0.394. The van der Waals surface area contributed by atoms with Crippen LogP contribution in [0.25, 0.3) is 11.0 Å². The van der Waals surface area contributed by atoms with Gasteiger partial charge in [0.15, 0.2) is 17.6 Å². The smallest absolute Gasteiger partial charge is 0.169 e. The van der Waals surface area contributed by atoms with Crippen LogP contribution < -0.4 is 4.74 Å². The second-order valence-electron chi connectivity index (χ2n) is 12.3. The van der Waals surface area contributed by atoms with E-state index in [2.05, 4.69) is 23.1 Å². The van der Waals surface area contributed by atoms with Crippen LogP contribution in [0.1, 0.15) is 53.4 Å². The summed E-state index contributed by atoms with van der Waals surface area (Å²) >= 11 is 13.4. The van der Waals surface area contributed by atoms with E-state index in [4.69, 9.17) is 37.1 Å². The van der Waals surface area contributed by atoms with Crippen molar-refractivity contribution in [3.05, 3.63) is 92.7 Å². The van der Waals surface area contributed by atoms with Crippen LogP contribution in [0, 0.1) is 5.92 Å². The molecule has 2 fully saturated rings. The van der Waals surface area contributed by atoms with Crippen molar-refractivity contribution < 1.29 is 19.0 Å². The molecule has 204 valence electrons. The minimum absolute atomic E-state index is 0.138. The number of aromatic hydroxyl groups is 1. The third kappa shape index (κ3) is 2.97. The van der Waals surface area contributed by atoms with E-state index in [1.165, 1.54) is 18.4 Å². The molecule has 3 heterocycles. The van der Waals surface area contributed by atoms with Gasteiger partial charge in [-0.1, -0.05) is 53.5 Å². The zero-order valence-corrected chi connectivity index (χ0v) is 23.5. The second-order valence-corrected chi connectivity index (χ2v) is 13.1. The third-order valence-corrected chi connectivity index (χ3v) is 11.1. The lowest BCUT2D eigenvalue weighted by Gasteiger charge is -2.64. The predicted molar refractivity (Wildman–Crippen MR) is 153 cm³/mol. The molecule has 1 spiro atoms. The van der Waals surface area contributed by atoms with Gasteiger partial charge in [0.2, 0.25) is 0 Å². The first-order valence-electron chi connectivity index (χ1n) is 14.3. The molecular formula is C33H29Cl2NO4. The second kappa shape index (κ2) is 8.19. The van der Waals surface area contributed by atoms with E-state index in [1.54, 1.807) is 6.07 Å². The zero-order chi connectivity index (χ0) is 26.8. The lowest BCUT2D eigenvalue weighted by atomic mass is 9.49. The molecule has 0 amide bonds. The standard InChI is InChI=1S/C33H29Cl2NO4/c34-23-5-3-6-24(35)22(23)17-38-33-15-21-20-4-1-2-7-26(20)39-29(21)31-32(33)12-13-36(16-18-8-9-18)27(33)14-19-10-11-25(37)30(40-31)28(19)32/h1-7,10-11,18,27,31,37H,8-9,12-17H2/t27-,31+,32+,33-/m1/s1. The Hall–Kier alpha value is -2.70. The van der Waals surface area contributed by atoms with Crippen molar-refractivity contribution in [2.75, 3.05) is 13.1 Å². The Labute approximate surface area is 242 Å². The maximum absolute atomic E-state index is 11.1. The van der Waals surface area contributed by atoms with E-state index >= 15 is 0 Å². The number of benzene rings is 3. The predicted octanol–water partition coefficient (Wildman–Crippen LogP) is 7.37. The Kier molecular flexibility index (Phi) is 4.91. The molecule has 4 aromatic rings. The molecule has 5 aliphatic rings. The quantitative estimate of drug-likeness (QED) is 0.270. The normalized spacial score (nSPS) is 29.8. The van der Waals surface area contributed by atoms with Crippen LogP contribution in [0.3, 0.4) is 0 Å². The van der Waals surface area contributed by atoms with E-state index in [-0.39, 0.29) is 11.8 Å². The summed E-state index contributed by atoms with van der Waals surface area (Å²) in [6.07, 6.45) is 4.61. The van der Waals surface area contributed by atoms with Crippen molar-refractivity contribution in [1.29, 1.82) is 0 Å². The van der Waals surface area contributed by atoms with E-state index in [9.17, 15) is 5.11 Å². The molecule has 0 radical (unpaired) electrons. The van der Waals surface area contributed by atoms with Gasteiger partial charge in [-0.15, -0.1) is 0 Å². The van der Waals surface area contributed by atoms with Gasteiger partial charge in [-0.2, -0.15) is 0 Å². The van der Waals surface area contributed by atoms with Gasteiger partial charge in [-0.3, -0.25) is 4.90 Å². The van der Waals surface area contributed by atoms with E-state index in [1.807, 2.05) is 30.3 Å². The number of likely N-dealkylation sites (tertiary alicyclic amines) is 1. The number of halogens is 2. The number of nitrogens with zero attached hydrogens (tertiary/aromatic N) is 1. The van der Waals surface area contributed by atoms with Gasteiger partial charge in [0.05, 0.1) is 12.0 Å². The Morgan fingerprint density at radius 2 is 1.85 bits per heavy atom. The Morgan fingerprint density at radius 3 is 2.67 bits per heavy atom. The summed E-state index contributed by atoms with van der Waals surface area (Å²) in [6, 6.07) is 17.9. The number of ether oxygens (including phenoxy) is 2. The third-order valence-electron chi connectivity index (χ3n) is 10.4. The van der Waals surface area contributed by atoms with E-state index < -0.39 is 17.1 Å². The van der Waals surface area contributed by atoms with Crippen LogP contribution in [-0.4, -0.2) is 34.7 Å². The summed E-state index contributed by atoms with van der Waals surface area (Å²) in [4.78, 5) is 2.69. The molecule has 3 aliphatic carbocycles. The number of hydrogen-bond donors (Lipinski definition) is 1. The lowest BCUT2D eigenvalue weighted by Crippen LogP contribution is -2.75. The van der Waals surface area contributed by atoms with E-state index in [0.29, 0.717) is 28.8 Å². The molecule has 1 N–H and O–H groups in total. The highest BCUT2D eigenvalue weighted by molar-refractivity contribution is 6.35. The first-order valence-corrected chi connectivity index (χ1v) is 15.1. The number of piperidine rings is 1. The fourth-order valence-electron chi connectivity index (χ4n) is 8.54. The van der Waals surface area contributed by atoms with Crippen LogP contribution >= 0.6 is 23.2 Å². The van der Waals surface area contributed by atoms with Gasteiger partial charge in [0.25, 0.3) is 0 Å². The van der Waals surface area contributed by atoms with Crippen molar-refractivity contribution in [3.63, 3.8) is 0 Å². The van der Waals surface area contributed by atoms with Crippen molar-refractivity contribution in [3.8, 4) is 11.5 Å². The number of rotatable bonds is 5. The largest absolute Gasteiger partial charge is 0.504 e. The molecule has 5 nitrogen and oxygen atoms in total. The highest BCUT2D eigenvalue weighted by Crippen LogP contribution is 2.70. The van der Waals surface area contributed by atoms with Crippen molar-refractivity contribution in [1.82, 2.24) is 4.90 Å². The highest BCUT2D eigenvalue weighted by Gasteiger charge is 2.74. The average Bonchev–Trinajstić information content (AvgIpc) is 3.59. The number of furan rings is 1. The molecule has 40 heavy (non-hydrogen) atoms. The number of hydrogen-bond acceptors (Lipinski definition) is 5. The van der Waals surface area contributed by atoms with Crippen LogP contribution in [0.5, 0.6) is 11.5 Å². The molecule has 9 rings (SSSR count). The Bertz CT molecular complexity index is 1690. The molecule has 1 aromatic heterocycles. The lowest BCUT2D eigenvalue weighted by molar-refractivity contribution is -0.212. The summed E-state index contributed by atoms with van der Waals surface area (Å²) in [5.41, 5.74) is 4.04. The molecule has 4 atom stereocenters. The Balaban J connectivity index is 1.31. The molecule has 0 unspecified atom stereocenters. The molecule has 1 saturated carbocycles. The van der Waals surface area contributed by atoms with Crippen LogP contribution in [0.4, 0.5) is 0 Å². The summed E-state index contributed by atoms with van der Waals surface area (Å²) in [5.74, 6) is 2.40. The van der Waals surface area contributed by atoms with Gasteiger partial charge in [0.1, 0.15) is 16.9 Å². The monoisotopic (exact) mass is 573 g/mol. The molecule has 3 aromatic carbocycles. The number of phenols is 1. The number of para-hydroxylation sites is 1. The maximum Gasteiger partial charge on any atom is 0.169 e. The van der Waals surface area contributed by atoms with Crippen molar-refractivity contribution >= 4 is 34.2 Å². The van der Waals surface area contributed by atoms with Crippen LogP contribution in [-0.2, 0) is 29.6 Å². The van der Waals surface area contributed by atoms with Gasteiger partial charge >= 0.3 is 0 Å². The topological polar surface area (TPSA) is 55.1 Å². The SMILES string of the molecule is Oc1ccc2c3c1O[C@H]1c4oc5ccccc5c4C[C@@]4(OCc5c(Cl)cccc5Cl)[C@@H](C2)N(CC2CC2)CC[C@]314. The fourth-order valence-corrected chi connectivity index (χ4v) is 9.04. The molecule has 1 saturated heterocycles.